The summed E-state index contributed by atoms with van der Waals surface area (Å²) in [4.78, 5) is 169. The average molecular weight is 1830 g/mol. The van der Waals surface area contributed by atoms with Crippen LogP contribution in [-0.4, -0.2) is 107 Å². The first-order chi connectivity index (χ1) is 59.1. The number of nitrogens with zero attached hydrogens (tertiary/aromatic N) is 10. The maximum absolute atomic E-state index is 12.5. The van der Waals surface area contributed by atoms with Gasteiger partial charge in [-0.15, -0.1) is 0 Å². The molecule has 4 aromatic heterocycles. The van der Waals surface area contributed by atoms with Gasteiger partial charge in [0.2, 0.25) is 6.08 Å². The summed E-state index contributed by atoms with van der Waals surface area (Å²) in [6.45, 7) is 2.09. The number of thiocarbonyl (C=S) groups is 1. The van der Waals surface area contributed by atoms with Crippen molar-refractivity contribution in [3.05, 3.63) is 409 Å². The predicted octanol–water partition coefficient (Wildman–Crippen LogP) is 11.1. The van der Waals surface area contributed by atoms with Crippen LogP contribution >= 0.6 is 79.7 Å². The minimum atomic E-state index is -3.72. The second-order valence-electron chi connectivity index (χ2n) is 24.4. The molecule has 0 saturated carbocycles. The van der Waals surface area contributed by atoms with Crippen molar-refractivity contribution in [3.8, 4) is 22.7 Å². The van der Waals surface area contributed by atoms with Crippen molar-refractivity contribution in [3.63, 3.8) is 0 Å². The third-order valence-corrected chi connectivity index (χ3v) is 20.1. The number of halogens is 2. The quantitative estimate of drug-likeness (QED) is 0.00615. The van der Waals surface area contributed by atoms with Gasteiger partial charge in [0.25, 0.3) is 18.3 Å². The number of aliphatic imine (C=N–C) groups is 2. The fourth-order valence-electron chi connectivity index (χ4n) is 10.4. The number of benzene rings is 10. The summed E-state index contributed by atoms with van der Waals surface area (Å²) in [5, 5.41) is 28.4. The number of hydroxylamine groups is 2. The molecule has 0 fully saturated rings. The van der Waals surface area contributed by atoms with E-state index < -0.39 is 54.8 Å². The van der Waals surface area contributed by atoms with Gasteiger partial charge in [0, 0.05) is 78.6 Å². The van der Waals surface area contributed by atoms with Gasteiger partial charge in [0.1, 0.15) is 6.61 Å². The highest BCUT2D eigenvalue weighted by atomic mass is 36.0. The molecule has 0 aliphatic rings. The highest BCUT2D eigenvalue weighted by Crippen LogP contribution is 2.17. The number of methoxy groups -OCH3 is 1. The number of carboxylic acids is 1. The van der Waals surface area contributed by atoms with Gasteiger partial charge in [-0.3, -0.25) is 44.0 Å². The molecule has 10 aromatic carbocycles. The summed E-state index contributed by atoms with van der Waals surface area (Å²) in [7, 11) is 6.12. The van der Waals surface area contributed by atoms with Crippen LogP contribution in [0.25, 0.3) is 22.7 Å². The molecule has 33 nitrogen and oxygen atoms in total. The van der Waals surface area contributed by atoms with Crippen molar-refractivity contribution in [2.45, 2.75) is 46.8 Å². The first-order valence-corrected chi connectivity index (χ1v) is 41.8. The number of hydrogen-bond donors (Lipinski definition) is 5. The first kappa shape index (κ1) is 96.9. The van der Waals surface area contributed by atoms with Crippen LogP contribution < -0.4 is 53.2 Å². The van der Waals surface area contributed by atoms with E-state index in [1.54, 1.807) is 48.5 Å². The molecule has 14 aromatic rings. The van der Waals surface area contributed by atoms with E-state index in [0.717, 1.165) is 87.6 Å². The monoisotopic (exact) mass is 1830 g/mol. The lowest BCUT2D eigenvalue weighted by Crippen LogP contribution is -2.28. The second kappa shape index (κ2) is 48.9. The third-order valence-electron chi connectivity index (χ3n) is 16.3. The van der Waals surface area contributed by atoms with Crippen LogP contribution in [0.3, 0.4) is 0 Å². The van der Waals surface area contributed by atoms with E-state index >= 15 is 0 Å². The van der Waals surface area contributed by atoms with Crippen molar-refractivity contribution in [2.24, 2.45) is 9.98 Å². The normalized spacial score (nSPS) is 10.1. The topological polar surface area (TPSA) is 440 Å². The highest BCUT2D eigenvalue weighted by molar-refractivity contribution is 8.31. The molecule has 0 atom stereocenters. The van der Waals surface area contributed by atoms with E-state index in [1.165, 1.54) is 123 Å². The Labute approximate surface area is 733 Å². The SMILES string of the molecule is C.COC(=O)c1ccc(-n2sc(=O)n(Cc3ccccc3)c2=O)cc1.O=C(NO)c1ccc(-n2sc(=O)n(Cc3ccccc3)c2=O)cc1.O=C(NO)c1ccc(-n2sc(=O)n(Cc3ccccc3)c2=O)cc1.O=C(O)c1ccc(-n2sc(=O)n(Cc3ccccc3)c2=O)cc1.O=C=Nc1ccc(COC=O)cc1.O=S(=O)(Cl)Cl.S=C=NCc1ccccc1. The molecular weight excluding hydrogens is 1760 g/mol. The molecule has 5 N–H and O–H groups in total. The zero-order chi connectivity index (χ0) is 89.0. The Balaban J connectivity index is 0.000000206. The molecule has 0 unspecified atom stereocenters. The van der Waals surface area contributed by atoms with Gasteiger partial charge in [0.05, 0.1) is 84.6 Å². The van der Waals surface area contributed by atoms with Gasteiger partial charge >= 0.3 is 62.5 Å². The van der Waals surface area contributed by atoms with Crippen LogP contribution in [0, 0.1) is 0 Å². The average Bonchev–Trinajstić information content (AvgIpc) is 1.68. The molecule has 0 spiro atoms. The van der Waals surface area contributed by atoms with Crippen molar-refractivity contribution in [2.75, 3.05) is 7.11 Å². The van der Waals surface area contributed by atoms with Crippen molar-refractivity contribution < 1.29 is 62.2 Å². The Kier molecular flexibility index (Phi) is 38.2. The fourth-order valence-corrected chi connectivity index (χ4v) is 13.7. The molecule has 124 heavy (non-hydrogen) atoms. The number of isothiocyanates is 1. The Morgan fingerprint density at radius 1 is 0.435 bits per heavy atom. The lowest BCUT2D eigenvalue weighted by atomic mass is 10.2. The van der Waals surface area contributed by atoms with Gasteiger partial charge < -0.3 is 14.6 Å². The van der Waals surface area contributed by atoms with Crippen LogP contribution in [0.5, 0.6) is 0 Å². The number of esters is 1. The Morgan fingerprint density at radius 3 is 0.960 bits per heavy atom. The maximum atomic E-state index is 12.5. The lowest BCUT2D eigenvalue weighted by molar-refractivity contribution is -0.129. The van der Waals surface area contributed by atoms with Crippen LogP contribution in [0.1, 0.15) is 82.2 Å². The Bertz CT molecular complexity index is 6250. The molecule has 2 amide bonds. The molecular formula is C83H70Cl2N12O21S6. The molecule has 14 rings (SSSR count). The number of aromatic carboxylic acids is 1. The van der Waals surface area contributed by atoms with Crippen LogP contribution in [0.4, 0.5) is 5.69 Å². The zero-order valence-corrected chi connectivity index (χ0v) is 70.1. The number of isocyanates is 1. The molecule has 638 valence electrons. The largest absolute Gasteiger partial charge is 0.478 e. The van der Waals surface area contributed by atoms with Crippen LogP contribution in [0.15, 0.2) is 321 Å². The molecule has 0 radical (unpaired) electrons. The molecule has 0 bridgehead atoms. The van der Waals surface area contributed by atoms with Crippen molar-refractivity contribution in [1.29, 1.82) is 0 Å². The summed E-state index contributed by atoms with van der Waals surface area (Å²) in [6.07, 6.45) is 1.43. The zero-order valence-electron chi connectivity index (χ0n) is 63.7. The summed E-state index contributed by atoms with van der Waals surface area (Å²) >= 11 is 7.64. The van der Waals surface area contributed by atoms with Gasteiger partial charge in [-0.05, 0) is 155 Å². The number of hydrogen-bond acceptors (Lipinski definition) is 27. The minimum Gasteiger partial charge on any atom is -0.478 e. The Morgan fingerprint density at radius 2 is 0.710 bits per heavy atom. The van der Waals surface area contributed by atoms with E-state index in [0.29, 0.717) is 47.0 Å². The first-order valence-electron chi connectivity index (χ1n) is 35.2. The van der Waals surface area contributed by atoms with Gasteiger partial charge in [0.15, 0.2) is 0 Å². The van der Waals surface area contributed by atoms with E-state index in [-0.39, 0.29) is 76.4 Å². The lowest BCUT2D eigenvalue weighted by Gasteiger charge is -2.03. The molecule has 41 heteroatoms. The van der Waals surface area contributed by atoms with E-state index in [9.17, 15) is 67.1 Å². The van der Waals surface area contributed by atoms with Gasteiger partial charge in [-0.1, -0.05) is 171 Å². The number of rotatable bonds is 22. The van der Waals surface area contributed by atoms with E-state index in [2.05, 4.69) is 58.2 Å². The second-order valence-corrected chi connectivity index (χ2v) is 31.9. The highest BCUT2D eigenvalue weighted by Gasteiger charge is 2.19. The smallest absolute Gasteiger partial charge is 0.346 e. The fraction of sp³-hybridized carbons (Fsp3) is 0.0964. The molecule has 0 aliphatic heterocycles. The van der Waals surface area contributed by atoms with Crippen LogP contribution in [0.2, 0.25) is 0 Å². The summed E-state index contributed by atoms with van der Waals surface area (Å²) < 4.78 is 37.3. The molecule has 4 heterocycles. The van der Waals surface area contributed by atoms with E-state index in [1.807, 2.05) is 152 Å². The Hall–Kier alpha value is -14.2. The van der Waals surface area contributed by atoms with Gasteiger partial charge in [-0.2, -0.15) is 13.4 Å². The van der Waals surface area contributed by atoms with E-state index in [4.69, 9.17) is 23.9 Å². The predicted molar refractivity (Wildman–Crippen MR) is 473 cm³/mol. The minimum absolute atomic E-state index is 0. The number of nitrogens with one attached hydrogen (secondary N) is 2. The summed E-state index contributed by atoms with van der Waals surface area (Å²) in [5.74, 6) is -2.80. The third kappa shape index (κ3) is 29.3. The molecule has 0 aliphatic carbocycles. The summed E-state index contributed by atoms with van der Waals surface area (Å²) in [5.41, 5.74) is 10.3. The number of carboxylic acid groups (broad SMARTS) is 1. The van der Waals surface area contributed by atoms with Crippen molar-refractivity contribution in [1.82, 2.24) is 45.1 Å². The molecule has 0 saturated heterocycles. The number of aromatic nitrogens is 8. The number of amides is 2. The van der Waals surface area contributed by atoms with Crippen molar-refractivity contribution >= 4 is 135 Å². The van der Waals surface area contributed by atoms with Crippen LogP contribution in [-0.2, 0) is 66.7 Å². The van der Waals surface area contributed by atoms with Gasteiger partial charge in [-0.25, -0.2) is 83.6 Å². The summed E-state index contributed by atoms with van der Waals surface area (Å²) in [6, 6.07) is 77.8. The number of carbonyl (C=O) groups excluding carboxylic acids is 5. The standard InChI is InChI=1S/C17H14N2O4S.2C16H13N3O4S.C16H12N2O4S.C9H7NO3.C8H7NS.CH4.Cl2O2S/c1-23-15(20)13-7-9-14(10-8-13)19-16(21)18(17(22)24-19)11-12-5-3-2-4-6-12;2*20-14(17-23)12-6-8-13(9-7-12)19-15(21)18(16(22)24-19)10-11-4-2-1-3-5-11;19-14(20)12-6-8-13(9-7-12)18-15(21)17(16(22)23-18)10-11-4-2-1-3-5-11;11-6-10-9-3-1-8(2-4-9)5-13-7-12;10-7-9-6-8-4-2-1-3-5-8;;1-5(2,3)4/h2-10H,11H2,1H3;2*1-9,23H,10H2,(H,17,20);1-9H,10H2,(H,19,20);1-4,7H,5H2;1-5H,6H2;1H4;. The number of ether oxygens (including phenoxy) is 2. The maximum Gasteiger partial charge on any atom is 0.346 e. The number of carbonyl (C=O) groups is 5.